The van der Waals surface area contributed by atoms with Crippen LogP contribution in [0.1, 0.15) is 11.3 Å². The molecule has 0 aliphatic rings. The number of aryl methyl sites for hydroxylation is 1. The molecule has 4 N–H and O–H groups in total. The van der Waals surface area contributed by atoms with Crippen LogP contribution >= 0.6 is 11.6 Å². The lowest BCUT2D eigenvalue weighted by Crippen LogP contribution is -2.13. The molecule has 0 atom stereocenters. The van der Waals surface area contributed by atoms with Crippen molar-refractivity contribution in [2.24, 2.45) is 5.73 Å². The molecule has 0 aliphatic heterocycles. The summed E-state index contributed by atoms with van der Waals surface area (Å²) >= 11 is 5.99. The Bertz CT molecular complexity index is 818. The van der Waals surface area contributed by atoms with Crippen LogP contribution in [0.15, 0.2) is 29.3 Å². The zero-order chi connectivity index (χ0) is 15.5. The second-order valence-corrected chi connectivity index (χ2v) is 6.22. The van der Waals surface area contributed by atoms with Gasteiger partial charge in [-0.1, -0.05) is 23.4 Å². The van der Waals surface area contributed by atoms with Crippen molar-refractivity contribution in [1.82, 2.24) is 10.2 Å². The lowest BCUT2D eigenvalue weighted by atomic mass is 10.2. The zero-order valence-electron chi connectivity index (χ0n) is 11.1. The van der Waals surface area contributed by atoms with Gasteiger partial charge in [-0.05, 0) is 25.1 Å². The molecule has 0 unspecified atom stereocenters. The van der Waals surface area contributed by atoms with E-state index in [2.05, 4.69) is 26.8 Å². The van der Waals surface area contributed by atoms with E-state index in [1.807, 2.05) is 0 Å². The van der Waals surface area contributed by atoms with Gasteiger partial charge in [0.15, 0.2) is 0 Å². The van der Waals surface area contributed by atoms with Gasteiger partial charge in [-0.3, -0.25) is 9.82 Å². The van der Waals surface area contributed by atoms with E-state index in [1.54, 1.807) is 25.1 Å². The predicted octanol–water partition coefficient (Wildman–Crippen LogP) is 1.48. The van der Waals surface area contributed by atoms with E-state index in [0.29, 0.717) is 22.0 Å². The maximum absolute atomic E-state index is 12.2. The van der Waals surface area contributed by atoms with E-state index in [4.69, 9.17) is 17.3 Å². The summed E-state index contributed by atoms with van der Waals surface area (Å²) in [6.07, 6.45) is 1.25. The van der Waals surface area contributed by atoms with Crippen LogP contribution in [0.5, 0.6) is 0 Å². The SMILES string of the molecule is Cc1[nH]ncc1S(=O)(=O)Nc1ccc(Cl)c(C#CCN)c1. The van der Waals surface area contributed by atoms with Gasteiger partial charge in [-0.15, -0.1) is 0 Å². The fraction of sp³-hybridized carbons (Fsp3) is 0.154. The molecule has 8 heteroatoms. The Morgan fingerprint density at radius 2 is 2.24 bits per heavy atom. The number of nitrogens with one attached hydrogen (secondary N) is 2. The number of rotatable bonds is 3. The van der Waals surface area contributed by atoms with Gasteiger partial charge in [0.05, 0.1) is 29.1 Å². The van der Waals surface area contributed by atoms with E-state index in [-0.39, 0.29) is 11.4 Å². The first kappa shape index (κ1) is 15.4. The highest BCUT2D eigenvalue weighted by molar-refractivity contribution is 7.92. The number of H-pyrrole nitrogens is 1. The number of anilines is 1. The van der Waals surface area contributed by atoms with E-state index >= 15 is 0 Å². The van der Waals surface area contributed by atoms with Crippen molar-refractivity contribution in [3.8, 4) is 11.8 Å². The Labute approximate surface area is 127 Å². The van der Waals surface area contributed by atoms with Crippen molar-refractivity contribution in [2.75, 3.05) is 11.3 Å². The average molecular weight is 325 g/mol. The standard InChI is InChI=1S/C13H13ClN4O2S/c1-9-13(8-16-17-9)21(19,20)18-11-4-5-12(14)10(7-11)3-2-6-15/h4-5,7-8,18H,6,15H2,1H3,(H,16,17). The molecule has 110 valence electrons. The molecule has 0 saturated carbocycles. The van der Waals surface area contributed by atoms with E-state index in [0.717, 1.165) is 0 Å². The van der Waals surface area contributed by atoms with Crippen LogP contribution in [-0.2, 0) is 10.0 Å². The summed E-state index contributed by atoms with van der Waals surface area (Å²) < 4.78 is 26.9. The van der Waals surface area contributed by atoms with Crippen LogP contribution in [0.4, 0.5) is 5.69 Å². The summed E-state index contributed by atoms with van der Waals surface area (Å²) in [5.41, 5.74) is 6.63. The molecule has 21 heavy (non-hydrogen) atoms. The number of aromatic amines is 1. The van der Waals surface area contributed by atoms with Crippen LogP contribution in [0.2, 0.25) is 5.02 Å². The number of hydrogen-bond acceptors (Lipinski definition) is 4. The average Bonchev–Trinajstić information content (AvgIpc) is 2.86. The molecule has 0 spiro atoms. The first-order valence-electron chi connectivity index (χ1n) is 5.95. The number of nitrogens with zero attached hydrogens (tertiary/aromatic N) is 1. The van der Waals surface area contributed by atoms with Crippen molar-refractivity contribution in [3.63, 3.8) is 0 Å². The van der Waals surface area contributed by atoms with Gasteiger partial charge in [0.1, 0.15) is 4.90 Å². The summed E-state index contributed by atoms with van der Waals surface area (Å²) in [7, 11) is -3.71. The normalized spacial score (nSPS) is 10.8. The molecule has 0 saturated heterocycles. The summed E-state index contributed by atoms with van der Waals surface area (Å²) in [6, 6.07) is 4.68. The Morgan fingerprint density at radius 3 is 2.86 bits per heavy atom. The summed E-state index contributed by atoms with van der Waals surface area (Å²) in [4.78, 5) is 0.0899. The molecule has 2 aromatic rings. The molecule has 6 nitrogen and oxygen atoms in total. The highest BCUT2D eigenvalue weighted by Gasteiger charge is 2.18. The van der Waals surface area contributed by atoms with E-state index in [9.17, 15) is 8.42 Å². The lowest BCUT2D eigenvalue weighted by molar-refractivity contribution is 0.600. The fourth-order valence-electron chi connectivity index (χ4n) is 1.65. The molecule has 0 amide bonds. The fourth-order valence-corrected chi connectivity index (χ4v) is 3.00. The van der Waals surface area contributed by atoms with Crippen LogP contribution in [0.3, 0.4) is 0 Å². The Balaban J connectivity index is 2.34. The Hall–Kier alpha value is -2.01. The van der Waals surface area contributed by atoms with Gasteiger partial charge in [0.25, 0.3) is 10.0 Å². The number of sulfonamides is 1. The van der Waals surface area contributed by atoms with Gasteiger partial charge in [0.2, 0.25) is 0 Å². The minimum atomic E-state index is -3.71. The van der Waals surface area contributed by atoms with Crippen LogP contribution in [0.25, 0.3) is 0 Å². The number of aromatic nitrogens is 2. The summed E-state index contributed by atoms with van der Waals surface area (Å²) in [6.45, 7) is 1.82. The van der Waals surface area contributed by atoms with Gasteiger partial charge in [0, 0.05) is 5.56 Å². The molecule has 1 aromatic carbocycles. The highest BCUT2D eigenvalue weighted by Crippen LogP contribution is 2.22. The first-order chi connectivity index (χ1) is 9.94. The smallest absolute Gasteiger partial charge is 0.265 e. The minimum absolute atomic E-state index is 0.0899. The highest BCUT2D eigenvalue weighted by atomic mass is 35.5. The van der Waals surface area contributed by atoms with Gasteiger partial charge in [-0.25, -0.2) is 8.42 Å². The zero-order valence-corrected chi connectivity index (χ0v) is 12.7. The van der Waals surface area contributed by atoms with Crippen LogP contribution in [0, 0.1) is 18.8 Å². The predicted molar refractivity (Wildman–Crippen MR) is 81.5 cm³/mol. The van der Waals surface area contributed by atoms with Crippen LogP contribution in [-0.4, -0.2) is 25.2 Å². The molecule has 0 fully saturated rings. The Kier molecular flexibility index (Phi) is 4.53. The molecule has 2 rings (SSSR count). The number of benzene rings is 1. The molecule has 1 heterocycles. The summed E-state index contributed by atoms with van der Waals surface area (Å²) in [5.74, 6) is 5.46. The number of halogens is 1. The molecule has 1 aromatic heterocycles. The van der Waals surface area contributed by atoms with Crippen molar-refractivity contribution in [1.29, 1.82) is 0 Å². The topological polar surface area (TPSA) is 101 Å². The van der Waals surface area contributed by atoms with Crippen molar-refractivity contribution in [2.45, 2.75) is 11.8 Å². The third-order valence-corrected chi connectivity index (χ3v) is 4.44. The van der Waals surface area contributed by atoms with E-state index < -0.39 is 10.0 Å². The first-order valence-corrected chi connectivity index (χ1v) is 7.81. The molecule has 0 bridgehead atoms. The second-order valence-electron chi connectivity index (χ2n) is 4.17. The molecule has 0 radical (unpaired) electrons. The van der Waals surface area contributed by atoms with Crippen LogP contribution < -0.4 is 10.5 Å². The quantitative estimate of drug-likeness (QED) is 0.744. The maximum Gasteiger partial charge on any atom is 0.265 e. The van der Waals surface area contributed by atoms with Gasteiger partial charge >= 0.3 is 0 Å². The second kappa shape index (κ2) is 6.18. The van der Waals surface area contributed by atoms with Crippen molar-refractivity contribution >= 4 is 27.3 Å². The minimum Gasteiger partial charge on any atom is -0.320 e. The van der Waals surface area contributed by atoms with E-state index in [1.165, 1.54) is 6.20 Å². The molecular weight excluding hydrogens is 312 g/mol. The van der Waals surface area contributed by atoms with Gasteiger partial charge < -0.3 is 5.73 Å². The number of nitrogens with two attached hydrogens (primary N) is 1. The summed E-state index contributed by atoms with van der Waals surface area (Å²) in [5, 5.41) is 6.71. The lowest BCUT2D eigenvalue weighted by Gasteiger charge is -2.08. The third kappa shape index (κ3) is 3.55. The monoisotopic (exact) mass is 324 g/mol. The number of hydrogen-bond donors (Lipinski definition) is 3. The molecular formula is C13H13ClN4O2S. The van der Waals surface area contributed by atoms with Crippen molar-refractivity contribution in [3.05, 3.63) is 40.7 Å². The largest absolute Gasteiger partial charge is 0.320 e. The van der Waals surface area contributed by atoms with Crippen molar-refractivity contribution < 1.29 is 8.42 Å². The maximum atomic E-state index is 12.2. The Morgan fingerprint density at radius 1 is 1.48 bits per heavy atom. The van der Waals surface area contributed by atoms with Gasteiger partial charge in [-0.2, -0.15) is 5.10 Å². The third-order valence-electron chi connectivity index (χ3n) is 2.62. The molecule has 0 aliphatic carbocycles.